The molecule has 1 aromatic carbocycles. The molecule has 4 nitrogen and oxygen atoms in total. The predicted molar refractivity (Wildman–Crippen MR) is 59.2 cm³/mol. The van der Waals surface area contributed by atoms with E-state index in [1.54, 1.807) is 25.3 Å². The molecular weight excluding hydrogens is 208 g/mol. The zero-order valence-electron chi connectivity index (χ0n) is 9.38. The molecule has 0 aliphatic carbocycles. The maximum absolute atomic E-state index is 10.6. The van der Waals surface area contributed by atoms with Gasteiger partial charge in [-0.1, -0.05) is 24.3 Å². The number of hydrogen-bond donors (Lipinski definition) is 2. The first-order chi connectivity index (χ1) is 7.54. The van der Waals surface area contributed by atoms with E-state index in [0.717, 1.165) is 5.56 Å². The molecule has 0 aliphatic rings. The quantitative estimate of drug-likeness (QED) is 0.793. The Morgan fingerprint density at radius 2 is 2.19 bits per heavy atom. The summed E-state index contributed by atoms with van der Waals surface area (Å²) in [6.45, 7) is 1.93. The van der Waals surface area contributed by atoms with Gasteiger partial charge in [0.05, 0.1) is 6.10 Å². The van der Waals surface area contributed by atoms with Gasteiger partial charge < -0.3 is 14.9 Å². The van der Waals surface area contributed by atoms with Crippen LogP contribution >= 0.6 is 0 Å². The number of carboxylic acids is 1. The van der Waals surface area contributed by atoms with E-state index in [-0.39, 0.29) is 6.10 Å². The van der Waals surface area contributed by atoms with E-state index >= 15 is 0 Å². The molecule has 0 spiro atoms. The summed E-state index contributed by atoms with van der Waals surface area (Å²) in [7, 11) is 1.63. The normalized spacial score (nSPS) is 14.4. The van der Waals surface area contributed by atoms with Crippen LogP contribution in [0.3, 0.4) is 0 Å². The number of benzene rings is 1. The maximum Gasteiger partial charge on any atom is 0.337 e. The number of aliphatic hydroxyl groups excluding tert-OH is 1. The van der Waals surface area contributed by atoms with E-state index in [1.807, 2.05) is 13.0 Å². The van der Waals surface area contributed by atoms with E-state index < -0.39 is 12.1 Å². The largest absolute Gasteiger partial charge is 0.479 e. The van der Waals surface area contributed by atoms with Crippen molar-refractivity contribution in [3.8, 4) is 0 Å². The Morgan fingerprint density at radius 3 is 2.75 bits per heavy atom. The Morgan fingerprint density at radius 1 is 1.50 bits per heavy atom. The Kier molecular flexibility index (Phi) is 4.46. The molecule has 0 heterocycles. The fraction of sp³-hybridized carbons (Fsp3) is 0.417. The first kappa shape index (κ1) is 12.7. The van der Waals surface area contributed by atoms with E-state index in [2.05, 4.69) is 0 Å². The number of ether oxygens (including phenoxy) is 1. The minimum Gasteiger partial charge on any atom is -0.479 e. The molecule has 0 saturated heterocycles. The molecule has 2 atom stereocenters. The van der Waals surface area contributed by atoms with Gasteiger partial charge in [0.2, 0.25) is 0 Å². The van der Waals surface area contributed by atoms with Crippen LogP contribution in [0.1, 0.15) is 24.2 Å². The third-order valence-electron chi connectivity index (χ3n) is 2.43. The van der Waals surface area contributed by atoms with Gasteiger partial charge in [-0.3, -0.25) is 0 Å². The summed E-state index contributed by atoms with van der Waals surface area (Å²) in [6.07, 6.45) is -0.702. The number of carbonyl (C=O) groups is 1. The molecule has 0 bridgehead atoms. The Labute approximate surface area is 94.5 Å². The zero-order valence-corrected chi connectivity index (χ0v) is 9.38. The van der Waals surface area contributed by atoms with Crippen molar-refractivity contribution >= 4 is 5.97 Å². The highest BCUT2D eigenvalue weighted by molar-refractivity contribution is 5.74. The van der Waals surface area contributed by atoms with Crippen LogP contribution in [-0.4, -0.2) is 29.4 Å². The summed E-state index contributed by atoms with van der Waals surface area (Å²) < 4.78 is 5.12. The summed E-state index contributed by atoms with van der Waals surface area (Å²) in [5.74, 6) is -1.24. The van der Waals surface area contributed by atoms with Crippen molar-refractivity contribution < 1.29 is 19.7 Å². The van der Waals surface area contributed by atoms with Crippen molar-refractivity contribution in [3.05, 3.63) is 35.4 Å². The molecule has 0 radical (unpaired) electrons. The molecule has 16 heavy (non-hydrogen) atoms. The van der Waals surface area contributed by atoms with Crippen LogP contribution in [-0.2, 0) is 16.0 Å². The number of aliphatic hydroxyl groups is 1. The standard InChI is InChI=1S/C12H16O4/c1-8(16-2)6-9-4-3-5-10(7-9)11(13)12(14)15/h3-5,7-8,11,13H,6H2,1-2H3,(H,14,15). The molecule has 88 valence electrons. The molecule has 0 aromatic heterocycles. The smallest absolute Gasteiger partial charge is 0.337 e. The lowest BCUT2D eigenvalue weighted by atomic mass is 10.0. The number of aliphatic carboxylic acids is 1. The molecule has 2 N–H and O–H groups in total. The molecule has 1 aromatic rings. The first-order valence-electron chi connectivity index (χ1n) is 5.07. The molecule has 0 saturated carbocycles. The van der Waals surface area contributed by atoms with Gasteiger partial charge in [-0.2, -0.15) is 0 Å². The van der Waals surface area contributed by atoms with Gasteiger partial charge in [-0.25, -0.2) is 4.79 Å². The van der Waals surface area contributed by atoms with Gasteiger partial charge in [-0.05, 0) is 24.5 Å². The maximum atomic E-state index is 10.6. The summed E-state index contributed by atoms with van der Waals surface area (Å²) in [5, 5.41) is 18.1. The van der Waals surface area contributed by atoms with Gasteiger partial charge in [0.15, 0.2) is 6.10 Å². The van der Waals surface area contributed by atoms with Crippen LogP contribution in [0.15, 0.2) is 24.3 Å². The highest BCUT2D eigenvalue weighted by atomic mass is 16.5. The fourth-order valence-corrected chi connectivity index (χ4v) is 1.45. The Balaban J connectivity index is 2.82. The molecule has 2 unspecified atom stereocenters. The van der Waals surface area contributed by atoms with Crippen LogP contribution in [0.5, 0.6) is 0 Å². The summed E-state index contributed by atoms with van der Waals surface area (Å²) in [6, 6.07) is 6.90. The van der Waals surface area contributed by atoms with Crippen molar-refractivity contribution in [3.63, 3.8) is 0 Å². The zero-order chi connectivity index (χ0) is 12.1. The monoisotopic (exact) mass is 224 g/mol. The average Bonchev–Trinajstić information content (AvgIpc) is 2.28. The molecule has 0 fully saturated rings. The highest BCUT2D eigenvalue weighted by Crippen LogP contribution is 2.16. The number of methoxy groups -OCH3 is 1. The summed E-state index contributed by atoms with van der Waals surface area (Å²) in [4.78, 5) is 10.6. The van der Waals surface area contributed by atoms with Crippen LogP contribution in [0.4, 0.5) is 0 Å². The van der Waals surface area contributed by atoms with Gasteiger partial charge in [-0.15, -0.1) is 0 Å². The van der Waals surface area contributed by atoms with Gasteiger partial charge in [0, 0.05) is 7.11 Å². The van der Waals surface area contributed by atoms with Crippen LogP contribution in [0.25, 0.3) is 0 Å². The topological polar surface area (TPSA) is 66.8 Å². The van der Waals surface area contributed by atoms with Crippen LogP contribution in [0, 0.1) is 0 Å². The number of rotatable bonds is 5. The second-order valence-electron chi connectivity index (χ2n) is 3.74. The van der Waals surface area contributed by atoms with E-state index in [4.69, 9.17) is 9.84 Å². The second kappa shape index (κ2) is 5.63. The van der Waals surface area contributed by atoms with E-state index in [0.29, 0.717) is 12.0 Å². The summed E-state index contributed by atoms with van der Waals surface area (Å²) >= 11 is 0. The Hall–Kier alpha value is -1.39. The molecule has 0 aliphatic heterocycles. The van der Waals surface area contributed by atoms with Crippen LogP contribution in [0.2, 0.25) is 0 Å². The minimum absolute atomic E-state index is 0.0669. The number of hydrogen-bond acceptors (Lipinski definition) is 3. The van der Waals surface area contributed by atoms with E-state index in [1.165, 1.54) is 0 Å². The van der Waals surface area contributed by atoms with Crippen molar-refractivity contribution in [2.45, 2.75) is 25.6 Å². The van der Waals surface area contributed by atoms with Crippen molar-refractivity contribution in [1.82, 2.24) is 0 Å². The Bertz CT molecular complexity index is 362. The molecule has 4 heteroatoms. The lowest BCUT2D eigenvalue weighted by Gasteiger charge is -2.11. The lowest BCUT2D eigenvalue weighted by molar-refractivity contribution is -0.146. The SMILES string of the molecule is COC(C)Cc1cccc(C(O)C(=O)O)c1. The summed E-state index contributed by atoms with van der Waals surface area (Å²) in [5.41, 5.74) is 1.35. The van der Waals surface area contributed by atoms with Crippen molar-refractivity contribution in [2.24, 2.45) is 0 Å². The molecular formula is C12H16O4. The second-order valence-corrected chi connectivity index (χ2v) is 3.74. The average molecular weight is 224 g/mol. The minimum atomic E-state index is -1.46. The van der Waals surface area contributed by atoms with E-state index in [9.17, 15) is 9.90 Å². The van der Waals surface area contributed by atoms with Crippen molar-refractivity contribution in [2.75, 3.05) is 7.11 Å². The molecule has 1 rings (SSSR count). The number of carboxylic acid groups (broad SMARTS) is 1. The lowest BCUT2D eigenvalue weighted by Crippen LogP contribution is -2.12. The molecule has 0 amide bonds. The fourth-order valence-electron chi connectivity index (χ4n) is 1.45. The van der Waals surface area contributed by atoms with Gasteiger partial charge in [0.1, 0.15) is 0 Å². The van der Waals surface area contributed by atoms with Crippen molar-refractivity contribution in [1.29, 1.82) is 0 Å². The predicted octanol–water partition coefficient (Wildman–Crippen LogP) is 1.38. The van der Waals surface area contributed by atoms with Gasteiger partial charge in [0.25, 0.3) is 0 Å². The highest BCUT2D eigenvalue weighted by Gasteiger charge is 2.16. The third kappa shape index (κ3) is 3.32. The first-order valence-corrected chi connectivity index (χ1v) is 5.07. The van der Waals surface area contributed by atoms with Crippen LogP contribution < -0.4 is 0 Å². The third-order valence-corrected chi connectivity index (χ3v) is 2.43. The van der Waals surface area contributed by atoms with Gasteiger partial charge >= 0.3 is 5.97 Å².